The standard InChI is InChI=1S/C21H22F2N2O/c22-16-9-8-15(12-16)21(26)25-19(14-4-2-1-3-5-14)18-11-10-17(13-6-7-13)20(23)24-18/h1-5,10-11,13,15-16,19H,6-9,12H2,(H,25,26)/t15-,16-,19+/m0/s1. The van der Waals surface area contributed by atoms with Gasteiger partial charge in [0.2, 0.25) is 11.9 Å². The molecule has 26 heavy (non-hydrogen) atoms. The molecule has 1 aromatic carbocycles. The van der Waals surface area contributed by atoms with Crippen LogP contribution in [0.2, 0.25) is 0 Å². The van der Waals surface area contributed by atoms with Gasteiger partial charge >= 0.3 is 0 Å². The lowest BCUT2D eigenvalue weighted by Crippen LogP contribution is -2.34. The summed E-state index contributed by atoms with van der Waals surface area (Å²) in [7, 11) is 0. The molecule has 3 atom stereocenters. The number of aromatic nitrogens is 1. The van der Waals surface area contributed by atoms with Gasteiger partial charge in [-0.25, -0.2) is 9.37 Å². The fourth-order valence-corrected chi connectivity index (χ4v) is 3.72. The molecule has 4 rings (SSSR count). The summed E-state index contributed by atoms with van der Waals surface area (Å²) in [6, 6.07) is 12.4. The molecule has 2 aromatic rings. The maximum Gasteiger partial charge on any atom is 0.224 e. The van der Waals surface area contributed by atoms with Gasteiger partial charge in [-0.3, -0.25) is 4.79 Å². The topological polar surface area (TPSA) is 42.0 Å². The number of benzene rings is 1. The van der Waals surface area contributed by atoms with Crippen molar-refractivity contribution in [1.29, 1.82) is 0 Å². The van der Waals surface area contributed by atoms with Crippen molar-refractivity contribution in [1.82, 2.24) is 10.3 Å². The van der Waals surface area contributed by atoms with Gasteiger partial charge in [-0.15, -0.1) is 0 Å². The van der Waals surface area contributed by atoms with Crippen molar-refractivity contribution >= 4 is 5.91 Å². The van der Waals surface area contributed by atoms with Gasteiger partial charge in [-0.1, -0.05) is 36.4 Å². The lowest BCUT2D eigenvalue weighted by atomic mass is 10.00. The first-order chi connectivity index (χ1) is 12.6. The molecule has 0 aliphatic heterocycles. The number of rotatable bonds is 5. The van der Waals surface area contributed by atoms with E-state index in [2.05, 4.69) is 10.3 Å². The van der Waals surface area contributed by atoms with Crippen molar-refractivity contribution in [2.24, 2.45) is 5.92 Å². The molecule has 3 nitrogen and oxygen atoms in total. The number of nitrogens with zero attached hydrogens (tertiary/aromatic N) is 1. The molecule has 5 heteroatoms. The van der Waals surface area contributed by atoms with Crippen molar-refractivity contribution in [3.63, 3.8) is 0 Å². The normalized spacial score (nSPS) is 23.6. The second kappa shape index (κ2) is 7.14. The number of pyridine rings is 1. The molecule has 2 fully saturated rings. The average Bonchev–Trinajstić information content (AvgIpc) is 3.40. The molecule has 1 amide bonds. The van der Waals surface area contributed by atoms with E-state index in [1.54, 1.807) is 12.1 Å². The summed E-state index contributed by atoms with van der Waals surface area (Å²) in [6.45, 7) is 0. The molecular formula is C21H22F2N2O. The first-order valence-corrected chi connectivity index (χ1v) is 9.27. The Morgan fingerprint density at radius 3 is 2.46 bits per heavy atom. The number of carbonyl (C=O) groups excluding carboxylic acids is 1. The van der Waals surface area contributed by atoms with Crippen molar-refractivity contribution in [2.75, 3.05) is 0 Å². The highest BCUT2D eigenvalue weighted by Gasteiger charge is 2.32. The van der Waals surface area contributed by atoms with Crippen LogP contribution in [0.15, 0.2) is 42.5 Å². The number of amides is 1. The number of halogens is 2. The largest absolute Gasteiger partial charge is 0.343 e. The summed E-state index contributed by atoms with van der Waals surface area (Å²) in [6.07, 6.45) is 2.34. The summed E-state index contributed by atoms with van der Waals surface area (Å²) in [4.78, 5) is 16.8. The molecule has 0 saturated heterocycles. The Bertz CT molecular complexity index is 792. The van der Waals surface area contributed by atoms with Gasteiger partial charge in [-0.05, 0) is 49.7 Å². The molecular weight excluding hydrogens is 334 g/mol. The fraction of sp³-hybridized carbons (Fsp3) is 0.429. The third kappa shape index (κ3) is 3.62. The van der Waals surface area contributed by atoms with Gasteiger partial charge < -0.3 is 5.32 Å². The van der Waals surface area contributed by atoms with E-state index >= 15 is 0 Å². The van der Waals surface area contributed by atoms with Crippen LogP contribution in [0.5, 0.6) is 0 Å². The molecule has 1 aromatic heterocycles. The highest BCUT2D eigenvalue weighted by molar-refractivity contribution is 5.79. The number of carbonyl (C=O) groups is 1. The maximum atomic E-state index is 14.4. The Morgan fingerprint density at radius 1 is 1.08 bits per heavy atom. The zero-order chi connectivity index (χ0) is 18.1. The minimum absolute atomic E-state index is 0.188. The number of alkyl halides is 1. The second-order valence-corrected chi connectivity index (χ2v) is 7.35. The maximum absolute atomic E-state index is 14.4. The van der Waals surface area contributed by atoms with Crippen molar-refractivity contribution in [2.45, 2.75) is 50.2 Å². The molecule has 0 radical (unpaired) electrons. The zero-order valence-corrected chi connectivity index (χ0v) is 14.5. The minimum atomic E-state index is -0.908. The second-order valence-electron chi connectivity index (χ2n) is 7.35. The van der Waals surface area contributed by atoms with Gasteiger partial charge in [0, 0.05) is 11.5 Å². The smallest absolute Gasteiger partial charge is 0.224 e. The molecule has 0 unspecified atom stereocenters. The van der Waals surface area contributed by atoms with Crippen LogP contribution in [-0.4, -0.2) is 17.1 Å². The van der Waals surface area contributed by atoms with Crippen LogP contribution < -0.4 is 5.32 Å². The van der Waals surface area contributed by atoms with E-state index in [9.17, 15) is 13.6 Å². The number of hydrogen-bond acceptors (Lipinski definition) is 2. The third-order valence-corrected chi connectivity index (χ3v) is 5.37. The summed E-state index contributed by atoms with van der Waals surface area (Å²) in [5, 5.41) is 2.97. The van der Waals surface area contributed by atoms with Crippen LogP contribution in [0.3, 0.4) is 0 Å². The minimum Gasteiger partial charge on any atom is -0.343 e. The van der Waals surface area contributed by atoms with Gasteiger partial charge in [0.05, 0.1) is 11.7 Å². The van der Waals surface area contributed by atoms with E-state index in [-0.39, 0.29) is 24.2 Å². The van der Waals surface area contributed by atoms with Gasteiger partial charge in [0.25, 0.3) is 0 Å². The van der Waals surface area contributed by atoms with E-state index in [4.69, 9.17) is 0 Å². The molecule has 1 heterocycles. The Labute approximate surface area is 151 Å². The SMILES string of the molecule is O=C(N[C@H](c1ccccc1)c1ccc(C2CC2)c(F)n1)[C@H]1CC[C@H](F)C1. The van der Waals surface area contributed by atoms with Gasteiger partial charge in [-0.2, -0.15) is 4.39 Å². The summed E-state index contributed by atoms with van der Waals surface area (Å²) in [5.41, 5.74) is 1.96. The summed E-state index contributed by atoms with van der Waals surface area (Å²) >= 11 is 0. The molecule has 1 N–H and O–H groups in total. The van der Waals surface area contributed by atoms with E-state index in [1.165, 1.54) is 0 Å². The Kier molecular flexibility index (Phi) is 4.70. The van der Waals surface area contributed by atoms with Crippen molar-refractivity contribution in [3.8, 4) is 0 Å². The summed E-state index contributed by atoms with van der Waals surface area (Å²) < 4.78 is 27.9. The molecule has 2 aliphatic rings. The Morgan fingerprint density at radius 2 is 1.85 bits per heavy atom. The Balaban J connectivity index is 1.61. The molecule has 0 spiro atoms. The summed E-state index contributed by atoms with van der Waals surface area (Å²) in [5.74, 6) is -0.689. The van der Waals surface area contributed by atoms with Crippen LogP contribution in [0.4, 0.5) is 8.78 Å². The van der Waals surface area contributed by atoms with Crippen molar-refractivity contribution < 1.29 is 13.6 Å². The molecule has 2 saturated carbocycles. The number of hydrogen-bond donors (Lipinski definition) is 1. The molecule has 0 bridgehead atoms. The highest BCUT2D eigenvalue weighted by atomic mass is 19.1. The predicted molar refractivity (Wildman–Crippen MR) is 94.8 cm³/mol. The van der Waals surface area contributed by atoms with Crippen LogP contribution in [0, 0.1) is 11.9 Å². The quantitative estimate of drug-likeness (QED) is 0.805. The fourth-order valence-electron chi connectivity index (χ4n) is 3.72. The zero-order valence-electron chi connectivity index (χ0n) is 14.5. The third-order valence-electron chi connectivity index (χ3n) is 5.37. The van der Waals surface area contributed by atoms with Crippen LogP contribution >= 0.6 is 0 Å². The Hall–Kier alpha value is -2.30. The van der Waals surface area contributed by atoms with Gasteiger partial charge in [0.15, 0.2) is 0 Å². The van der Waals surface area contributed by atoms with Crippen LogP contribution in [0.1, 0.15) is 60.9 Å². The van der Waals surface area contributed by atoms with Gasteiger partial charge in [0.1, 0.15) is 6.17 Å². The highest BCUT2D eigenvalue weighted by Crippen LogP contribution is 2.41. The van der Waals surface area contributed by atoms with E-state index in [0.717, 1.165) is 18.4 Å². The first kappa shape index (κ1) is 17.1. The van der Waals surface area contributed by atoms with Crippen LogP contribution in [0.25, 0.3) is 0 Å². The predicted octanol–water partition coefficient (Wildman–Crippen LogP) is 4.44. The average molecular weight is 356 g/mol. The molecule has 2 aliphatic carbocycles. The lowest BCUT2D eigenvalue weighted by Gasteiger charge is -2.21. The first-order valence-electron chi connectivity index (χ1n) is 9.27. The lowest BCUT2D eigenvalue weighted by molar-refractivity contribution is -0.125. The monoisotopic (exact) mass is 356 g/mol. The molecule has 136 valence electrons. The van der Waals surface area contributed by atoms with E-state index < -0.39 is 18.2 Å². The van der Waals surface area contributed by atoms with E-state index in [0.29, 0.717) is 24.1 Å². The number of nitrogens with one attached hydrogen (secondary N) is 1. The van der Waals surface area contributed by atoms with Crippen LogP contribution in [-0.2, 0) is 4.79 Å². The van der Waals surface area contributed by atoms with Crippen molar-refractivity contribution in [3.05, 3.63) is 65.2 Å². The van der Waals surface area contributed by atoms with E-state index in [1.807, 2.05) is 30.3 Å².